The fraction of sp³-hybridized carbons (Fsp3) is 0.269. The molecule has 0 radical (unpaired) electrons. The van der Waals surface area contributed by atoms with Crippen molar-refractivity contribution in [2.45, 2.75) is 31.3 Å². The summed E-state index contributed by atoms with van der Waals surface area (Å²) in [6.45, 7) is 3.15. The first-order valence-electron chi connectivity index (χ1n) is 10.5. The third-order valence-corrected chi connectivity index (χ3v) is 5.84. The maximum Gasteiger partial charge on any atom is 0.221 e. The van der Waals surface area contributed by atoms with Crippen LogP contribution >= 0.6 is 0 Å². The predicted octanol–water partition coefficient (Wildman–Crippen LogP) is 3.18. The fourth-order valence-electron chi connectivity index (χ4n) is 4.37. The van der Waals surface area contributed by atoms with Gasteiger partial charge in [0, 0.05) is 24.3 Å². The number of hydrogen-bond donors (Lipinski definition) is 2. The molecular weight excluding hydrogens is 356 g/mol. The highest BCUT2D eigenvalue weighted by atomic mass is 16.1. The molecule has 0 spiro atoms. The Morgan fingerprint density at radius 3 is 2.00 bits per heavy atom. The monoisotopic (exact) mass is 385 g/mol. The summed E-state index contributed by atoms with van der Waals surface area (Å²) in [5, 5.41) is 3.30. The van der Waals surface area contributed by atoms with Gasteiger partial charge in [-0.05, 0) is 11.1 Å². The molecule has 1 heterocycles. The zero-order valence-corrected chi connectivity index (χ0v) is 16.8. The van der Waals surface area contributed by atoms with Gasteiger partial charge in [-0.15, -0.1) is 0 Å². The quantitative estimate of drug-likeness (QED) is 0.644. The van der Waals surface area contributed by atoms with Crippen LogP contribution in [0.15, 0.2) is 91.0 Å². The van der Waals surface area contributed by atoms with Gasteiger partial charge in [-0.1, -0.05) is 91.0 Å². The SMILES string of the molecule is O=C(CC(c1ccccc1)c1ccccc1)N[C@@H]1CC[NH+](Cc2ccccc2)C1. The maximum atomic E-state index is 12.9. The predicted molar refractivity (Wildman–Crippen MR) is 117 cm³/mol. The third-order valence-electron chi connectivity index (χ3n) is 5.84. The Bertz CT molecular complexity index is 856. The van der Waals surface area contributed by atoms with E-state index in [1.54, 1.807) is 4.90 Å². The molecule has 148 valence electrons. The summed E-state index contributed by atoms with van der Waals surface area (Å²) >= 11 is 0. The van der Waals surface area contributed by atoms with Gasteiger partial charge in [-0.2, -0.15) is 0 Å². The zero-order valence-electron chi connectivity index (χ0n) is 16.8. The molecule has 3 aromatic rings. The molecule has 1 aliphatic rings. The highest BCUT2D eigenvalue weighted by Crippen LogP contribution is 2.27. The molecule has 2 atom stereocenters. The van der Waals surface area contributed by atoms with Crippen molar-refractivity contribution in [3.8, 4) is 0 Å². The molecule has 0 bridgehead atoms. The van der Waals surface area contributed by atoms with Crippen LogP contribution in [-0.2, 0) is 11.3 Å². The Labute approximate surface area is 173 Å². The van der Waals surface area contributed by atoms with Crippen LogP contribution in [0.25, 0.3) is 0 Å². The van der Waals surface area contributed by atoms with Gasteiger partial charge in [0.25, 0.3) is 0 Å². The second-order valence-corrected chi connectivity index (χ2v) is 8.00. The molecule has 4 rings (SSSR count). The third kappa shape index (κ3) is 5.33. The van der Waals surface area contributed by atoms with E-state index < -0.39 is 0 Å². The number of hydrogen-bond acceptors (Lipinski definition) is 1. The van der Waals surface area contributed by atoms with Crippen molar-refractivity contribution in [3.05, 3.63) is 108 Å². The molecule has 3 aromatic carbocycles. The number of rotatable bonds is 7. The molecule has 29 heavy (non-hydrogen) atoms. The van der Waals surface area contributed by atoms with Gasteiger partial charge in [-0.3, -0.25) is 4.79 Å². The van der Waals surface area contributed by atoms with E-state index in [4.69, 9.17) is 0 Å². The molecule has 0 aliphatic carbocycles. The first kappa shape index (κ1) is 19.4. The molecule has 1 unspecified atom stereocenters. The van der Waals surface area contributed by atoms with Crippen LogP contribution in [-0.4, -0.2) is 25.0 Å². The molecule has 1 saturated heterocycles. The minimum atomic E-state index is 0.0894. The van der Waals surface area contributed by atoms with Gasteiger partial charge in [0.2, 0.25) is 5.91 Å². The number of likely N-dealkylation sites (tertiary alicyclic amines) is 1. The first-order chi connectivity index (χ1) is 14.3. The van der Waals surface area contributed by atoms with E-state index in [9.17, 15) is 4.79 Å². The van der Waals surface area contributed by atoms with E-state index in [0.717, 1.165) is 26.1 Å². The van der Waals surface area contributed by atoms with Crippen molar-refractivity contribution in [1.29, 1.82) is 0 Å². The average molecular weight is 386 g/mol. The zero-order chi connectivity index (χ0) is 19.9. The van der Waals surface area contributed by atoms with Crippen LogP contribution in [0.2, 0.25) is 0 Å². The van der Waals surface area contributed by atoms with Gasteiger partial charge in [0.15, 0.2) is 0 Å². The molecule has 0 saturated carbocycles. The number of amides is 1. The van der Waals surface area contributed by atoms with Crippen LogP contribution in [0.4, 0.5) is 0 Å². The van der Waals surface area contributed by atoms with E-state index >= 15 is 0 Å². The van der Waals surface area contributed by atoms with Crippen molar-refractivity contribution in [1.82, 2.24) is 5.32 Å². The molecule has 3 nitrogen and oxygen atoms in total. The minimum Gasteiger partial charge on any atom is -0.347 e. The van der Waals surface area contributed by atoms with E-state index in [0.29, 0.717) is 6.42 Å². The Hall–Kier alpha value is -2.91. The van der Waals surface area contributed by atoms with Crippen LogP contribution in [0.1, 0.15) is 35.4 Å². The number of quaternary nitrogens is 1. The van der Waals surface area contributed by atoms with Gasteiger partial charge in [0.05, 0.1) is 19.1 Å². The molecular formula is C26H29N2O+. The summed E-state index contributed by atoms with van der Waals surface area (Å²) in [6, 6.07) is 31.6. The number of benzene rings is 3. The second kappa shape index (κ2) is 9.53. The topological polar surface area (TPSA) is 33.5 Å². The van der Waals surface area contributed by atoms with Crippen LogP contribution in [0.3, 0.4) is 0 Å². The smallest absolute Gasteiger partial charge is 0.221 e. The fourth-order valence-corrected chi connectivity index (χ4v) is 4.37. The lowest BCUT2D eigenvalue weighted by molar-refractivity contribution is -0.901. The molecule has 3 heteroatoms. The first-order valence-corrected chi connectivity index (χ1v) is 10.5. The largest absolute Gasteiger partial charge is 0.347 e. The van der Waals surface area contributed by atoms with E-state index in [1.807, 2.05) is 36.4 Å². The van der Waals surface area contributed by atoms with Crippen molar-refractivity contribution in [3.63, 3.8) is 0 Å². The van der Waals surface area contributed by atoms with Crippen LogP contribution < -0.4 is 10.2 Å². The highest BCUT2D eigenvalue weighted by molar-refractivity contribution is 5.78. The Morgan fingerprint density at radius 1 is 0.862 bits per heavy atom. The Kier molecular flexibility index (Phi) is 6.38. The van der Waals surface area contributed by atoms with Gasteiger partial charge >= 0.3 is 0 Å². The summed E-state index contributed by atoms with van der Waals surface area (Å²) in [6.07, 6.45) is 1.54. The summed E-state index contributed by atoms with van der Waals surface area (Å²) in [7, 11) is 0. The van der Waals surface area contributed by atoms with Gasteiger partial charge in [0.1, 0.15) is 6.54 Å². The highest BCUT2D eigenvalue weighted by Gasteiger charge is 2.28. The van der Waals surface area contributed by atoms with Crippen molar-refractivity contribution < 1.29 is 9.69 Å². The summed E-state index contributed by atoms with van der Waals surface area (Å²) in [5.74, 6) is 0.236. The normalized spacial score (nSPS) is 18.7. The van der Waals surface area contributed by atoms with E-state index in [-0.39, 0.29) is 17.9 Å². The van der Waals surface area contributed by atoms with Crippen molar-refractivity contribution >= 4 is 5.91 Å². The molecule has 1 fully saturated rings. The Morgan fingerprint density at radius 2 is 1.41 bits per heavy atom. The lowest BCUT2D eigenvalue weighted by Crippen LogP contribution is -3.09. The minimum absolute atomic E-state index is 0.0894. The summed E-state index contributed by atoms with van der Waals surface area (Å²) in [4.78, 5) is 14.4. The van der Waals surface area contributed by atoms with Gasteiger partial charge in [-0.25, -0.2) is 0 Å². The summed E-state index contributed by atoms with van der Waals surface area (Å²) < 4.78 is 0. The van der Waals surface area contributed by atoms with E-state index in [2.05, 4.69) is 59.9 Å². The molecule has 1 amide bonds. The maximum absolute atomic E-state index is 12.9. The lowest BCUT2D eigenvalue weighted by atomic mass is 9.88. The molecule has 2 N–H and O–H groups in total. The van der Waals surface area contributed by atoms with Crippen molar-refractivity contribution in [2.24, 2.45) is 0 Å². The lowest BCUT2D eigenvalue weighted by Gasteiger charge is -2.19. The summed E-state index contributed by atoms with van der Waals surface area (Å²) in [5.41, 5.74) is 3.75. The number of carbonyl (C=O) groups is 1. The van der Waals surface area contributed by atoms with E-state index in [1.165, 1.54) is 16.7 Å². The average Bonchev–Trinajstić information content (AvgIpc) is 3.20. The standard InChI is InChI=1S/C26H28N2O/c29-26(27-24-16-17-28(20-24)19-21-10-4-1-5-11-21)18-25(22-12-6-2-7-13-22)23-14-8-3-9-15-23/h1-15,24-25H,16-20H2,(H,27,29)/p+1/t24-/m1/s1. The number of nitrogens with one attached hydrogen (secondary N) is 2. The van der Waals surface area contributed by atoms with Crippen LogP contribution in [0, 0.1) is 0 Å². The molecule has 0 aromatic heterocycles. The van der Waals surface area contributed by atoms with Gasteiger partial charge < -0.3 is 10.2 Å². The van der Waals surface area contributed by atoms with Crippen molar-refractivity contribution in [2.75, 3.05) is 13.1 Å². The second-order valence-electron chi connectivity index (χ2n) is 8.00. The molecule has 1 aliphatic heterocycles. The number of carbonyl (C=O) groups excluding carboxylic acids is 1. The van der Waals surface area contributed by atoms with Crippen LogP contribution in [0.5, 0.6) is 0 Å². The Balaban J connectivity index is 1.36.